The summed E-state index contributed by atoms with van der Waals surface area (Å²) in [4.78, 5) is 32.1. The number of thioether (sulfide) groups is 1. The Labute approximate surface area is 200 Å². The van der Waals surface area contributed by atoms with Crippen molar-refractivity contribution in [3.8, 4) is 5.75 Å². The molecule has 0 radical (unpaired) electrons. The summed E-state index contributed by atoms with van der Waals surface area (Å²) < 4.78 is 5.21. The number of anilines is 1. The smallest absolute Gasteiger partial charge is 0.283 e. The molecule has 0 bridgehead atoms. The number of carbonyl (C=O) groups excluding carboxylic acids is 2. The van der Waals surface area contributed by atoms with E-state index in [9.17, 15) is 9.59 Å². The van der Waals surface area contributed by atoms with Gasteiger partial charge in [-0.3, -0.25) is 14.5 Å². The molecular formula is C26H31N3O3S. The lowest BCUT2D eigenvalue weighted by Gasteiger charge is -2.19. The molecule has 0 saturated heterocycles. The van der Waals surface area contributed by atoms with Crippen LogP contribution in [0.2, 0.25) is 0 Å². The molecule has 0 aliphatic carbocycles. The average molecular weight is 466 g/mol. The first-order chi connectivity index (χ1) is 15.8. The largest absolute Gasteiger partial charge is 0.497 e. The fourth-order valence-corrected chi connectivity index (χ4v) is 4.47. The summed E-state index contributed by atoms with van der Waals surface area (Å²) in [5.74, 6) is 0.671. The number of benzene rings is 2. The van der Waals surface area contributed by atoms with E-state index in [2.05, 4.69) is 30.2 Å². The maximum absolute atomic E-state index is 13.4. The van der Waals surface area contributed by atoms with Crippen LogP contribution in [0.1, 0.15) is 43.4 Å². The van der Waals surface area contributed by atoms with Crippen LogP contribution in [0.25, 0.3) is 6.08 Å². The van der Waals surface area contributed by atoms with Crippen molar-refractivity contribution >= 4 is 40.5 Å². The molecule has 1 heterocycles. The third-order valence-corrected chi connectivity index (χ3v) is 6.34. The first kappa shape index (κ1) is 24.6. The molecule has 2 aromatic carbocycles. The van der Waals surface area contributed by atoms with Crippen molar-refractivity contribution in [3.63, 3.8) is 0 Å². The van der Waals surface area contributed by atoms with Gasteiger partial charge in [-0.05, 0) is 73.7 Å². The fourth-order valence-electron chi connectivity index (χ4n) is 3.65. The number of aliphatic imine (C=N–C) groups is 1. The number of amides is 2. The summed E-state index contributed by atoms with van der Waals surface area (Å²) in [6.07, 6.45) is 3.53. The predicted octanol–water partition coefficient (Wildman–Crippen LogP) is 5.09. The summed E-state index contributed by atoms with van der Waals surface area (Å²) >= 11 is 1.28. The van der Waals surface area contributed by atoms with Gasteiger partial charge >= 0.3 is 0 Å². The van der Waals surface area contributed by atoms with Crippen molar-refractivity contribution in [3.05, 3.63) is 64.9 Å². The van der Waals surface area contributed by atoms with Crippen LogP contribution in [-0.4, -0.2) is 35.9 Å². The standard InChI is InChI=1S/C26H31N3O3S/c1-6-20(7-2)27-24(30)16-33-26-28-23(15-19-8-10-22(32-5)11-9-19)25(31)29(26)21-13-17(3)12-18(4)14-21/h8-15,20H,6-7,16H2,1-5H3,(H,27,30). The zero-order valence-electron chi connectivity index (χ0n) is 19.8. The molecule has 0 atom stereocenters. The molecule has 1 N–H and O–H groups in total. The first-order valence-electron chi connectivity index (χ1n) is 11.1. The number of methoxy groups -OCH3 is 1. The van der Waals surface area contributed by atoms with Crippen LogP contribution in [-0.2, 0) is 9.59 Å². The van der Waals surface area contributed by atoms with Gasteiger partial charge in [0.05, 0.1) is 18.6 Å². The van der Waals surface area contributed by atoms with Crippen molar-refractivity contribution < 1.29 is 14.3 Å². The van der Waals surface area contributed by atoms with Crippen LogP contribution < -0.4 is 15.0 Å². The number of rotatable bonds is 8. The molecule has 6 nitrogen and oxygen atoms in total. The number of nitrogens with zero attached hydrogens (tertiary/aromatic N) is 2. The second kappa shape index (κ2) is 11.2. The summed E-state index contributed by atoms with van der Waals surface area (Å²) in [5, 5.41) is 3.55. The minimum absolute atomic E-state index is 0.0585. The number of hydrogen-bond acceptors (Lipinski definition) is 5. The summed E-state index contributed by atoms with van der Waals surface area (Å²) in [7, 11) is 1.61. The van der Waals surface area contributed by atoms with Gasteiger partial charge in [0.25, 0.3) is 5.91 Å². The van der Waals surface area contributed by atoms with E-state index in [1.165, 1.54) is 11.8 Å². The Bertz CT molecular complexity index is 1050. The van der Waals surface area contributed by atoms with Crippen LogP contribution in [0.3, 0.4) is 0 Å². The van der Waals surface area contributed by atoms with E-state index in [4.69, 9.17) is 4.74 Å². The SMILES string of the molecule is CCC(CC)NC(=O)CSC1=NC(=Cc2ccc(OC)cc2)C(=O)N1c1cc(C)cc(C)c1. The second-order valence-electron chi connectivity index (χ2n) is 8.05. The molecule has 0 unspecified atom stereocenters. The van der Waals surface area contributed by atoms with Crippen molar-refractivity contribution in [2.75, 3.05) is 17.8 Å². The van der Waals surface area contributed by atoms with Crippen LogP contribution in [0.5, 0.6) is 5.75 Å². The normalized spacial score (nSPS) is 14.7. The minimum Gasteiger partial charge on any atom is -0.497 e. The van der Waals surface area contributed by atoms with Crippen LogP contribution >= 0.6 is 11.8 Å². The van der Waals surface area contributed by atoms with Crippen LogP contribution in [0, 0.1) is 13.8 Å². The van der Waals surface area contributed by atoms with E-state index in [-0.39, 0.29) is 23.6 Å². The highest BCUT2D eigenvalue weighted by molar-refractivity contribution is 8.14. The zero-order chi connectivity index (χ0) is 24.0. The number of carbonyl (C=O) groups is 2. The van der Waals surface area contributed by atoms with E-state index in [1.54, 1.807) is 18.1 Å². The topological polar surface area (TPSA) is 71.0 Å². The highest BCUT2D eigenvalue weighted by atomic mass is 32.2. The summed E-state index contributed by atoms with van der Waals surface area (Å²) in [6.45, 7) is 8.11. The van der Waals surface area contributed by atoms with Crippen molar-refractivity contribution in [2.24, 2.45) is 4.99 Å². The number of aryl methyl sites for hydroxylation is 2. The van der Waals surface area contributed by atoms with Gasteiger partial charge in [-0.2, -0.15) is 0 Å². The maximum atomic E-state index is 13.4. The van der Waals surface area contributed by atoms with Gasteiger partial charge in [-0.25, -0.2) is 4.99 Å². The Morgan fingerprint density at radius 3 is 2.33 bits per heavy atom. The second-order valence-corrected chi connectivity index (χ2v) is 9.00. The number of hydrogen-bond donors (Lipinski definition) is 1. The monoisotopic (exact) mass is 465 g/mol. The van der Waals surface area contributed by atoms with Gasteiger partial charge in [0, 0.05) is 6.04 Å². The molecule has 174 valence electrons. The molecule has 3 rings (SSSR count). The first-order valence-corrected chi connectivity index (χ1v) is 12.1. The molecule has 2 amide bonds. The van der Waals surface area contributed by atoms with Gasteiger partial charge in [0.1, 0.15) is 11.4 Å². The maximum Gasteiger partial charge on any atom is 0.283 e. The van der Waals surface area contributed by atoms with Gasteiger partial charge in [-0.15, -0.1) is 0 Å². The van der Waals surface area contributed by atoms with Crippen molar-refractivity contribution in [2.45, 2.75) is 46.6 Å². The quantitative estimate of drug-likeness (QED) is 0.551. The summed E-state index contributed by atoms with van der Waals surface area (Å²) in [5.41, 5.74) is 4.05. The predicted molar refractivity (Wildman–Crippen MR) is 137 cm³/mol. The number of nitrogens with one attached hydrogen (secondary N) is 1. The number of ether oxygens (including phenoxy) is 1. The Morgan fingerprint density at radius 2 is 1.76 bits per heavy atom. The van der Waals surface area contributed by atoms with Crippen molar-refractivity contribution in [1.82, 2.24) is 5.32 Å². The van der Waals surface area contributed by atoms with Gasteiger partial charge < -0.3 is 10.1 Å². The molecular weight excluding hydrogens is 434 g/mol. The van der Waals surface area contributed by atoms with Crippen molar-refractivity contribution in [1.29, 1.82) is 0 Å². The molecule has 0 fully saturated rings. The highest BCUT2D eigenvalue weighted by Gasteiger charge is 2.32. The number of amidine groups is 1. The third kappa shape index (κ3) is 6.26. The lowest BCUT2D eigenvalue weighted by Crippen LogP contribution is -2.36. The van der Waals surface area contributed by atoms with E-state index >= 15 is 0 Å². The van der Waals surface area contributed by atoms with E-state index in [0.717, 1.165) is 41.0 Å². The average Bonchev–Trinajstić information content (AvgIpc) is 3.10. The minimum atomic E-state index is -0.210. The van der Waals surface area contributed by atoms with E-state index in [1.807, 2.05) is 50.2 Å². The van der Waals surface area contributed by atoms with Crippen LogP contribution in [0.4, 0.5) is 5.69 Å². The fraction of sp³-hybridized carbons (Fsp3) is 0.346. The van der Waals surface area contributed by atoms with Crippen LogP contribution in [0.15, 0.2) is 53.2 Å². The highest BCUT2D eigenvalue weighted by Crippen LogP contribution is 2.31. The lowest BCUT2D eigenvalue weighted by atomic mass is 10.1. The van der Waals surface area contributed by atoms with Gasteiger partial charge in [0.15, 0.2) is 5.17 Å². The van der Waals surface area contributed by atoms with Gasteiger partial charge in [-0.1, -0.05) is 43.8 Å². The zero-order valence-corrected chi connectivity index (χ0v) is 20.7. The third-order valence-electron chi connectivity index (χ3n) is 5.40. The molecule has 1 aliphatic heterocycles. The Kier molecular flexibility index (Phi) is 8.33. The molecule has 33 heavy (non-hydrogen) atoms. The van der Waals surface area contributed by atoms with E-state index in [0.29, 0.717) is 10.9 Å². The summed E-state index contributed by atoms with van der Waals surface area (Å²) in [6, 6.07) is 13.6. The molecule has 0 spiro atoms. The molecule has 1 aliphatic rings. The van der Waals surface area contributed by atoms with Gasteiger partial charge in [0.2, 0.25) is 5.91 Å². The Balaban J connectivity index is 1.89. The molecule has 0 saturated carbocycles. The molecule has 7 heteroatoms. The molecule has 2 aromatic rings. The Hall–Kier alpha value is -3.06. The Morgan fingerprint density at radius 1 is 1.12 bits per heavy atom. The molecule has 0 aromatic heterocycles. The lowest BCUT2D eigenvalue weighted by molar-refractivity contribution is -0.119. The van der Waals surface area contributed by atoms with E-state index < -0.39 is 0 Å².